The van der Waals surface area contributed by atoms with Gasteiger partial charge in [0.15, 0.2) is 0 Å². The molecule has 0 saturated carbocycles. The van der Waals surface area contributed by atoms with Crippen molar-refractivity contribution in [2.45, 2.75) is 13.3 Å². The first kappa shape index (κ1) is 13.2. The average Bonchev–Trinajstić information content (AvgIpc) is 2.40. The smallest absolute Gasteiger partial charge is 0.136 e. The summed E-state index contributed by atoms with van der Waals surface area (Å²) in [4.78, 5) is 2.26. The van der Waals surface area contributed by atoms with Gasteiger partial charge in [-0.05, 0) is 34.4 Å². The van der Waals surface area contributed by atoms with E-state index < -0.39 is 0 Å². The zero-order valence-corrected chi connectivity index (χ0v) is 11.4. The lowest BCUT2D eigenvalue weighted by molar-refractivity contribution is 1.24. The summed E-state index contributed by atoms with van der Waals surface area (Å²) in [5, 5.41) is 17.9. The van der Waals surface area contributed by atoms with Crippen LogP contribution in [0.25, 0.3) is 0 Å². The minimum Gasteiger partial charge on any atom is -0.192 e. The van der Waals surface area contributed by atoms with Gasteiger partial charge in [0.25, 0.3) is 0 Å². The summed E-state index contributed by atoms with van der Waals surface area (Å²) in [6, 6.07) is 14.1. The molecule has 0 aliphatic carbocycles. The highest BCUT2D eigenvalue weighted by molar-refractivity contribution is 8.06. The van der Waals surface area contributed by atoms with Gasteiger partial charge in [0, 0.05) is 12.0 Å². The second-order valence-corrected chi connectivity index (χ2v) is 5.56. The van der Waals surface area contributed by atoms with Gasteiger partial charge in [-0.2, -0.15) is 10.5 Å². The maximum absolute atomic E-state index is 8.94. The van der Waals surface area contributed by atoms with Crippen molar-refractivity contribution in [1.82, 2.24) is 0 Å². The molecule has 1 aromatic rings. The van der Waals surface area contributed by atoms with E-state index in [2.05, 4.69) is 12.1 Å². The van der Waals surface area contributed by atoms with E-state index in [1.165, 1.54) is 5.56 Å². The van der Waals surface area contributed by atoms with E-state index in [4.69, 9.17) is 10.5 Å². The predicted octanol–water partition coefficient (Wildman–Crippen LogP) is 4.11. The van der Waals surface area contributed by atoms with Crippen LogP contribution in [0.15, 0.2) is 63.4 Å². The largest absolute Gasteiger partial charge is 0.192 e. The molecule has 1 aliphatic rings. The second kappa shape index (κ2) is 6.09. The van der Waals surface area contributed by atoms with Crippen LogP contribution in [0.5, 0.6) is 0 Å². The highest BCUT2D eigenvalue weighted by Crippen LogP contribution is 2.35. The van der Waals surface area contributed by atoms with E-state index in [0.717, 1.165) is 16.2 Å². The molecule has 0 radical (unpaired) electrons. The number of nitrogens with zero attached hydrogens (tertiary/aromatic N) is 2. The first-order chi connectivity index (χ1) is 9.22. The Morgan fingerprint density at radius 3 is 2.42 bits per heavy atom. The predicted molar refractivity (Wildman–Crippen MR) is 77.8 cm³/mol. The molecule has 2 rings (SSSR count). The molecule has 3 heteroatoms. The fourth-order valence-corrected chi connectivity index (χ4v) is 2.91. The third kappa shape index (κ3) is 3.37. The number of thioether (sulfide) groups is 1. The Hall–Kier alpha value is -2.23. The zero-order chi connectivity index (χ0) is 13.7. The van der Waals surface area contributed by atoms with Crippen LogP contribution in [-0.4, -0.2) is 0 Å². The van der Waals surface area contributed by atoms with Crippen LogP contribution in [0.2, 0.25) is 0 Å². The third-order valence-corrected chi connectivity index (χ3v) is 3.67. The summed E-state index contributed by atoms with van der Waals surface area (Å²) in [5.74, 6) is 0. The van der Waals surface area contributed by atoms with Gasteiger partial charge in [0.2, 0.25) is 0 Å². The fourth-order valence-electron chi connectivity index (χ4n) is 1.88. The summed E-state index contributed by atoms with van der Waals surface area (Å²) in [7, 11) is 0. The topological polar surface area (TPSA) is 47.6 Å². The summed E-state index contributed by atoms with van der Waals surface area (Å²) in [5.41, 5.74) is 2.11. The van der Waals surface area contributed by atoms with Crippen LogP contribution in [0.3, 0.4) is 0 Å². The van der Waals surface area contributed by atoms with Crippen molar-refractivity contribution in [1.29, 1.82) is 10.5 Å². The van der Waals surface area contributed by atoms with Crippen LogP contribution < -0.4 is 0 Å². The molecule has 19 heavy (non-hydrogen) atoms. The molecule has 0 amide bonds. The van der Waals surface area contributed by atoms with E-state index >= 15 is 0 Å². The van der Waals surface area contributed by atoms with E-state index in [9.17, 15) is 0 Å². The number of hydrogen-bond donors (Lipinski definition) is 0. The Labute approximate surface area is 117 Å². The van der Waals surface area contributed by atoms with Crippen molar-refractivity contribution < 1.29 is 0 Å². The first-order valence-corrected chi connectivity index (χ1v) is 6.69. The zero-order valence-electron chi connectivity index (χ0n) is 10.6. The van der Waals surface area contributed by atoms with Gasteiger partial charge in [0.1, 0.15) is 17.7 Å². The minimum atomic E-state index is 0.171. The lowest BCUT2D eigenvalue weighted by atomic mass is 10.1. The maximum atomic E-state index is 8.94. The van der Waals surface area contributed by atoms with Crippen LogP contribution in [0.1, 0.15) is 12.5 Å². The van der Waals surface area contributed by atoms with Crippen molar-refractivity contribution >= 4 is 11.8 Å². The molecule has 0 spiro atoms. The maximum Gasteiger partial charge on any atom is 0.136 e. The van der Waals surface area contributed by atoms with Crippen molar-refractivity contribution in [2.75, 3.05) is 0 Å². The molecule has 0 fully saturated rings. The minimum absolute atomic E-state index is 0.171. The van der Waals surface area contributed by atoms with Gasteiger partial charge < -0.3 is 0 Å². The molecule has 0 bridgehead atoms. The number of rotatable bonds is 2. The van der Waals surface area contributed by atoms with Gasteiger partial charge >= 0.3 is 0 Å². The van der Waals surface area contributed by atoms with Crippen molar-refractivity contribution in [3.63, 3.8) is 0 Å². The van der Waals surface area contributed by atoms with Crippen molar-refractivity contribution in [3.8, 4) is 12.1 Å². The molecule has 1 aliphatic heterocycles. The first-order valence-electron chi connectivity index (χ1n) is 5.88. The lowest BCUT2D eigenvalue weighted by Gasteiger charge is -2.13. The molecule has 1 aromatic carbocycles. The summed E-state index contributed by atoms with van der Waals surface area (Å²) >= 11 is 1.69. The number of allylic oxidation sites excluding steroid dienone is 6. The fraction of sp³-hybridized carbons (Fsp3) is 0.125. The molecular formula is C16H12N2S. The number of hydrogen-bond acceptors (Lipinski definition) is 3. The molecule has 0 unspecified atom stereocenters. The van der Waals surface area contributed by atoms with Crippen LogP contribution in [-0.2, 0) is 6.42 Å². The average molecular weight is 264 g/mol. The molecule has 0 saturated heterocycles. The standard InChI is InChI=1S/C16H12N2S/c1-12-7-14(15(10-17)11-18)9-16(19-12)8-13-5-3-2-4-6-13/h2-7,9H,8H2,1H3. The molecule has 92 valence electrons. The van der Waals surface area contributed by atoms with Gasteiger partial charge in [-0.15, -0.1) is 0 Å². The van der Waals surface area contributed by atoms with Gasteiger partial charge in [0.05, 0.1) is 0 Å². The van der Waals surface area contributed by atoms with Gasteiger partial charge in [-0.3, -0.25) is 0 Å². The molecule has 2 nitrogen and oxygen atoms in total. The summed E-state index contributed by atoms with van der Waals surface area (Å²) in [6.07, 6.45) is 4.65. The Morgan fingerprint density at radius 1 is 1.11 bits per heavy atom. The Morgan fingerprint density at radius 2 is 1.79 bits per heavy atom. The van der Waals surface area contributed by atoms with E-state index in [-0.39, 0.29) is 5.57 Å². The van der Waals surface area contributed by atoms with E-state index in [0.29, 0.717) is 5.57 Å². The summed E-state index contributed by atoms with van der Waals surface area (Å²) in [6.45, 7) is 2.00. The Kier molecular flexibility index (Phi) is 4.23. The molecule has 0 N–H and O–H groups in total. The molecule has 1 heterocycles. The molecule has 0 atom stereocenters. The molecule has 0 aromatic heterocycles. The lowest BCUT2D eigenvalue weighted by Crippen LogP contribution is -1.94. The SMILES string of the molecule is CC1=CC(=C(C#N)C#N)C=C(Cc2ccccc2)S1. The summed E-state index contributed by atoms with van der Waals surface area (Å²) < 4.78 is 0. The van der Waals surface area contributed by atoms with E-state index in [1.54, 1.807) is 11.8 Å². The van der Waals surface area contributed by atoms with Crippen LogP contribution >= 0.6 is 11.8 Å². The van der Waals surface area contributed by atoms with Gasteiger partial charge in [-0.1, -0.05) is 42.1 Å². The number of nitriles is 2. The number of benzene rings is 1. The second-order valence-electron chi connectivity index (χ2n) is 4.18. The third-order valence-electron chi connectivity index (χ3n) is 2.70. The van der Waals surface area contributed by atoms with E-state index in [1.807, 2.05) is 49.4 Å². The highest BCUT2D eigenvalue weighted by atomic mass is 32.2. The normalized spacial score (nSPS) is 13.9. The monoisotopic (exact) mass is 264 g/mol. The van der Waals surface area contributed by atoms with Crippen LogP contribution in [0.4, 0.5) is 0 Å². The Balaban J connectivity index is 2.31. The van der Waals surface area contributed by atoms with Crippen molar-refractivity contribution in [3.05, 3.63) is 69.0 Å². The highest BCUT2D eigenvalue weighted by Gasteiger charge is 2.11. The van der Waals surface area contributed by atoms with Crippen LogP contribution in [0, 0.1) is 22.7 Å². The van der Waals surface area contributed by atoms with Crippen molar-refractivity contribution in [2.24, 2.45) is 0 Å². The quantitative estimate of drug-likeness (QED) is 0.755. The molecular weight excluding hydrogens is 252 g/mol. The Bertz CT molecular complexity index is 636. The van der Waals surface area contributed by atoms with Gasteiger partial charge in [-0.25, -0.2) is 0 Å².